The van der Waals surface area contributed by atoms with E-state index >= 15 is 0 Å². The van der Waals surface area contributed by atoms with Gasteiger partial charge in [-0.3, -0.25) is 4.79 Å². The van der Waals surface area contributed by atoms with Gasteiger partial charge in [0.2, 0.25) is 0 Å². The fourth-order valence-electron chi connectivity index (χ4n) is 1.51. The molecule has 1 heterocycles. The average molecular weight is 235 g/mol. The van der Waals surface area contributed by atoms with Crippen LogP contribution in [0.5, 0.6) is 0 Å². The third-order valence-corrected chi connectivity index (χ3v) is 2.99. The molecule has 0 spiro atoms. The number of benzene rings is 1. The van der Waals surface area contributed by atoms with Gasteiger partial charge in [0.25, 0.3) is 0 Å². The van der Waals surface area contributed by atoms with Gasteiger partial charge >= 0.3 is 0 Å². The Balaban J connectivity index is 2.90. The minimum absolute atomic E-state index is 0.0664. The number of rotatable bonds is 1. The quantitative estimate of drug-likeness (QED) is 0.588. The Morgan fingerprint density at radius 3 is 2.60 bits per heavy atom. The monoisotopic (exact) mass is 235 g/mol. The van der Waals surface area contributed by atoms with Gasteiger partial charge in [-0.15, -0.1) is 25.3 Å². The van der Waals surface area contributed by atoms with E-state index < -0.39 is 0 Å². The van der Waals surface area contributed by atoms with Crippen LogP contribution in [0, 0.1) is 0 Å². The van der Waals surface area contributed by atoms with Crippen molar-refractivity contribution < 1.29 is 4.79 Å². The second kappa shape index (κ2) is 3.87. The van der Waals surface area contributed by atoms with E-state index in [0.717, 1.165) is 10.9 Å². The second-order valence-electron chi connectivity index (χ2n) is 3.23. The minimum atomic E-state index is -0.0664. The molecule has 1 aromatic carbocycles. The number of fused-ring (bicyclic) bond motifs is 1. The molecule has 0 aliphatic heterocycles. The van der Waals surface area contributed by atoms with E-state index in [2.05, 4.69) is 30.2 Å². The maximum atomic E-state index is 11.4. The van der Waals surface area contributed by atoms with Crippen LogP contribution in [0.2, 0.25) is 0 Å². The maximum Gasteiger partial charge on any atom is 0.163 e. The molecule has 0 aliphatic carbocycles. The lowest BCUT2D eigenvalue weighted by molar-refractivity contribution is 0.101. The number of para-hydroxylation sites is 1. The van der Waals surface area contributed by atoms with Gasteiger partial charge in [-0.2, -0.15) is 0 Å². The molecule has 1 aromatic heterocycles. The number of hydrogen-bond donors (Lipinski definition) is 2. The van der Waals surface area contributed by atoms with E-state index in [1.54, 1.807) is 0 Å². The summed E-state index contributed by atoms with van der Waals surface area (Å²) in [7, 11) is 0. The maximum absolute atomic E-state index is 11.4. The fourth-order valence-corrected chi connectivity index (χ4v) is 2.42. The van der Waals surface area contributed by atoms with Gasteiger partial charge in [0.1, 0.15) is 5.03 Å². The molecule has 0 radical (unpaired) electrons. The highest BCUT2D eigenvalue weighted by molar-refractivity contribution is 7.81. The topological polar surface area (TPSA) is 30.0 Å². The van der Waals surface area contributed by atoms with Crippen molar-refractivity contribution in [1.82, 2.24) is 4.98 Å². The molecule has 0 N–H and O–H groups in total. The van der Waals surface area contributed by atoms with E-state index in [9.17, 15) is 4.79 Å². The van der Waals surface area contributed by atoms with Crippen LogP contribution >= 0.6 is 25.3 Å². The molecule has 0 fully saturated rings. The number of nitrogens with zero attached hydrogens (tertiary/aromatic N) is 1. The molecule has 2 rings (SSSR count). The lowest BCUT2D eigenvalue weighted by Gasteiger charge is -2.07. The molecule has 0 unspecified atom stereocenters. The number of carbonyl (C=O) groups is 1. The first kappa shape index (κ1) is 10.5. The summed E-state index contributed by atoms with van der Waals surface area (Å²) in [5.41, 5.74) is 1.29. The van der Waals surface area contributed by atoms with Crippen molar-refractivity contribution >= 4 is 41.9 Å². The number of aromatic nitrogens is 1. The van der Waals surface area contributed by atoms with E-state index in [1.807, 2.05) is 24.3 Å². The first-order valence-electron chi connectivity index (χ1n) is 4.43. The molecule has 15 heavy (non-hydrogen) atoms. The summed E-state index contributed by atoms with van der Waals surface area (Å²) in [6.45, 7) is 1.49. The van der Waals surface area contributed by atoms with Crippen LogP contribution in [0.1, 0.15) is 17.3 Å². The molecule has 2 aromatic rings. The molecule has 0 atom stereocenters. The summed E-state index contributed by atoms with van der Waals surface area (Å²) < 4.78 is 0. The molecule has 0 saturated carbocycles. The summed E-state index contributed by atoms with van der Waals surface area (Å²) in [4.78, 5) is 16.3. The summed E-state index contributed by atoms with van der Waals surface area (Å²) >= 11 is 8.57. The zero-order chi connectivity index (χ0) is 11.0. The van der Waals surface area contributed by atoms with Gasteiger partial charge in [0.15, 0.2) is 5.78 Å². The Bertz CT molecular complexity index is 552. The summed E-state index contributed by atoms with van der Waals surface area (Å²) in [6, 6.07) is 7.55. The third kappa shape index (κ3) is 1.75. The number of ketones is 1. The second-order valence-corrected chi connectivity index (χ2v) is 4.10. The number of thiol groups is 2. The van der Waals surface area contributed by atoms with Crippen LogP contribution in [0.4, 0.5) is 0 Å². The highest BCUT2D eigenvalue weighted by Crippen LogP contribution is 2.28. The van der Waals surface area contributed by atoms with Gasteiger partial charge in [-0.25, -0.2) is 4.98 Å². The fraction of sp³-hybridized carbons (Fsp3) is 0.0909. The Kier molecular flexibility index (Phi) is 2.71. The Morgan fingerprint density at radius 1 is 1.27 bits per heavy atom. The van der Waals surface area contributed by atoms with Crippen molar-refractivity contribution in [2.45, 2.75) is 16.8 Å². The Morgan fingerprint density at radius 2 is 1.93 bits per heavy atom. The van der Waals surface area contributed by atoms with Crippen LogP contribution in [0.25, 0.3) is 10.9 Å². The smallest absolute Gasteiger partial charge is 0.163 e. The number of hydrogen-bond acceptors (Lipinski definition) is 4. The number of pyridine rings is 1. The largest absolute Gasteiger partial charge is 0.294 e. The first-order valence-corrected chi connectivity index (χ1v) is 5.32. The number of carbonyl (C=O) groups excluding carboxylic acids is 1. The van der Waals surface area contributed by atoms with Crippen molar-refractivity contribution in [2.75, 3.05) is 0 Å². The van der Waals surface area contributed by atoms with E-state index in [4.69, 9.17) is 0 Å². The molecular weight excluding hydrogens is 226 g/mol. The first-order chi connectivity index (χ1) is 7.11. The highest BCUT2D eigenvalue weighted by Gasteiger charge is 2.13. The molecule has 0 saturated heterocycles. The van der Waals surface area contributed by atoms with Crippen LogP contribution in [0.15, 0.2) is 34.2 Å². The standard InChI is InChI=1S/C11H9NOS2/c1-6(13)9-10(14)7-4-2-3-5-8(7)12-11(9)15/h2-5H,1H3,(H2,12,14,15). The molecule has 4 heteroatoms. The normalized spacial score (nSPS) is 10.6. The van der Waals surface area contributed by atoms with Gasteiger partial charge in [0.05, 0.1) is 11.1 Å². The van der Waals surface area contributed by atoms with Crippen LogP contribution in [0.3, 0.4) is 0 Å². The van der Waals surface area contributed by atoms with Gasteiger partial charge in [0, 0.05) is 10.3 Å². The highest BCUT2D eigenvalue weighted by atomic mass is 32.1. The zero-order valence-electron chi connectivity index (χ0n) is 8.06. The summed E-state index contributed by atoms with van der Waals surface area (Å²) in [5, 5.41) is 1.31. The lowest BCUT2D eigenvalue weighted by atomic mass is 10.1. The Labute approximate surface area is 98.5 Å². The lowest BCUT2D eigenvalue weighted by Crippen LogP contribution is -1.99. The van der Waals surface area contributed by atoms with Crippen molar-refractivity contribution in [3.05, 3.63) is 29.8 Å². The summed E-state index contributed by atoms with van der Waals surface area (Å²) in [5.74, 6) is -0.0664. The van der Waals surface area contributed by atoms with Crippen molar-refractivity contribution in [2.24, 2.45) is 0 Å². The molecular formula is C11H9NOS2. The predicted molar refractivity (Wildman–Crippen MR) is 66.3 cm³/mol. The summed E-state index contributed by atoms with van der Waals surface area (Å²) in [6.07, 6.45) is 0. The van der Waals surface area contributed by atoms with Gasteiger partial charge in [-0.1, -0.05) is 18.2 Å². The van der Waals surface area contributed by atoms with E-state index in [-0.39, 0.29) is 5.78 Å². The predicted octanol–water partition coefficient (Wildman–Crippen LogP) is 3.01. The van der Waals surface area contributed by atoms with E-state index in [1.165, 1.54) is 6.92 Å². The molecule has 76 valence electrons. The molecule has 0 aliphatic rings. The van der Waals surface area contributed by atoms with Crippen molar-refractivity contribution in [3.63, 3.8) is 0 Å². The zero-order valence-corrected chi connectivity index (χ0v) is 9.85. The number of Topliss-reactive ketones (excluding diaryl/α,β-unsaturated/α-hetero) is 1. The van der Waals surface area contributed by atoms with Crippen molar-refractivity contribution in [1.29, 1.82) is 0 Å². The molecule has 2 nitrogen and oxygen atoms in total. The van der Waals surface area contributed by atoms with Gasteiger partial charge in [-0.05, 0) is 13.0 Å². The van der Waals surface area contributed by atoms with Crippen LogP contribution < -0.4 is 0 Å². The Hall–Kier alpha value is -1.00. The van der Waals surface area contributed by atoms with E-state index in [0.29, 0.717) is 15.5 Å². The third-order valence-electron chi connectivity index (χ3n) is 2.20. The van der Waals surface area contributed by atoms with Crippen molar-refractivity contribution in [3.8, 4) is 0 Å². The molecule has 0 amide bonds. The SMILES string of the molecule is CC(=O)c1c(S)nc2ccccc2c1S. The van der Waals surface area contributed by atoms with Gasteiger partial charge < -0.3 is 0 Å². The average Bonchev–Trinajstić information content (AvgIpc) is 2.17. The molecule has 0 bridgehead atoms. The van der Waals surface area contributed by atoms with Crippen LogP contribution in [-0.4, -0.2) is 10.8 Å². The van der Waals surface area contributed by atoms with Crippen LogP contribution in [-0.2, 0) is 0 Å². The minimum Gasteiger partial charge on any atom is -0.294 e.